The van der Waals surface area contributed by atoms with Gasteiger partial charge in [-0.2, -0.15) is 0 Å². The zero-order valence-corrected chi connectivity index (χ0v) is 24.2. The highest BCUT2D eigenvalue weighted by Gasteiger charge is 2.42. The molecule has 4 nitrogen and oxygen atoms in total. The number of fused-ring (bicyclic) bond motifs is 1. The number of rotatable bonds is 7. The zero-order chi connectivity index (χ0) is 28.8. The van der Waals surface area contributed by atoms with Crippen molar-refractivity contribution in [2.45, 2.75) is 64.4 Å². The minimum absolute atomic E-state index is 0.0137. The first-order chi connectivity index (χ1) is 19.6. The van der Waals surface area contributed by atoms with E-state index < -0.39 is 23.3 Å². The third kappa shape index (κ3) is 5.84. The van der Waals surface area contributed by atoms with Gasteiger partial charge < -0.3 is 15.0 Å². The van der Waals surface area contributed by atoms with E-state index in [-0.39, 0.29) is 23.6 Å². The van der Waals surface area contributed by atoms with Crippen LogP contribution in [0.2, 0.25) is 0 Å². The predicted molar refractivity (Wildman–Crippen MR) is 157 cm³/mol. The molecule has 0 aromatic heterocycles. The van der Waals surface area contributed by atoms with Crippen LogP contribution in [0.15, 0.2) is 60.7 Å². The van der Waals surface area contributed by atoms with Gasteiger partial charge in [-0.05, 0) is 87.5 Å². The second-order valence-corrected chi connectivity index (χ2v) is 12.9. The molecule has 2 fully saturated rings. The molecule has 3 aliphatic rings. The zero-order valence-electron chi connectivity index (χ0n) is 24.2. The van der Waals surface area contributed by atoms with Crippen LogP contribution in [0.5, 0.6) is 5.75 Å². The third-order valence-electron chi connectivity index (χ3n) is 9.10. The van der Waals surface area contributed by atoms with E-state index in [2.05, 4.69) is 10.2 Å². The van der Waals surface area contributed by atoms with Gasteiger partial charge in [0.25, 0.3) is 0 Å². The lowest BCUT2D eigenvalue weighted by Crippen LogP contribution is -2.48. The second-order valence-electron chi connectivity index (χ2n) is 12.9. The fraction of sp³-hybridized carbons (Fsp3) is 0.471. The Balaban J connectivity index is 1.34. The Kier molecular flexibility index (Phi) is 7.53. The van der Waals surface area contributed by atoms with E-state index in [1.807, 2.05) is 60.4 Å². The normalized spacial score (nSPS) is 24.7. The monoisotopic (exact) mass is 563 g/mol. The fourth-order valence-corrected chi connectivity index (χ4v) is 7.04. The van der Waals surface area contributed by atoms with Crippen LogP contribution in [0.1, 0.15) is 61.9 Å². The summed E-state index contributed by atoms with van der Waals surface area (Å²) < 4.78 is 53.4. The van der Waals surface area contributed by atoms with E-state index in [0.29, 0.717) is 24.5 Å². The Hall–Kier alpha value is -3.03. The van der Waals surface area contributed by atoms with E-state index in [1.54, 1.807) is 0 Å². The summed E-state index contributed by atoms with van der Waals surface area (Å²) in [6.45, 7) is 9.07. The first kappa shape index (κ1) is 28.1. The average molecular weight is 564 g/mol. The Morgan fingerprint density at radius 2 is 1.78 bits per heavy atom. The van der Waals surface area contributed by atoms with Gasteiger partial charge in [-0.1, -0.05) is 36.4 Å². The number of alkyl halides is 1. The van der Waals surface area contributed by atoms with Crippen molar-refractivity contribution in [3.05, 3.63) is 94.6 Å². The third-order valence-corrected chi connectivity index (χ3v) is 9.10. The molecule has 1 spiro atoms. The van der Waals surface area contributed by atoms with E-state index in [9.17, 15) is 0 Å². The van der Waals surface area contributed by atoms with Gasteiger partial charge in [0, 0.05) is 48.9 Å². The van der Waals surface area contributed by atoms with Crippen molar-refractivity contribution in [2.24, 2.45) is 5.41 Å². The minimum atomic E-state index is -1.53. The number of nitrogens with zero attached hydrogens (tertiary/aromatic N) is 2. The molecule has 3 atom stereocenters. The van der Waals surface area contributed by atoms with Gasteiger partial charge in [0.1, 0.15) is 29.7 Å². The lowest BCUT2D eigenvalue weighted by Gasteiger charge is -2.44. The van der Waals surface area contributed by atoms with Crippen molar-refractivity contribution in [1.82, 2.24) is 10.2 Å². The Bertz CT molecular complexity index is 1360. The molecule has 0 amide bonds. The van der Waals surface area contributed by atoms with Crippen LogP contribution in [-0.4, -0.2) is 49.3 Å². The van der Waals surface area contributed by atoms with Crippen LogP contribution in [-0.2, 0) is 13.0 Å². The molecule has 0 radical (unpaired) electrons. The van der Waals surface area contributed by atoms with Crippen LogP contribution >= 0.6 is 0 Å². The van der Waals surface area contributed by atoms with E-state index in [1.165, 1.54) is 26.0 Å². The second kappa shape index (κ2) is 11.0. The molecule has 41 heavy (non-hydrogen) atoms. The fourth-order valence-electron chi connectivity index (χ4n) is 7.04. The summed E-state index contributed by atoms with van der Waals surface area (Å²) in [7, 11) is 0. The summed E-state index contributed by atoms with van der Waals surface area (Å²) >= 11 is 0. The van der Waals surface area contributed by atoms with Gasteiger partial charge in [-0.15, -0.1) is 0 Å². The molecule has 3 aromatic carbocycles. The highest BCUT2D eigenvalue weighted by Crippen LogP contribution is 2.44. The maximum atomic E-state index is 16.1. The molecule has 0 saturated carbocycles. The molecular formula is C34H40F3N3O. The van der Waals surface area contributed by atoms with Gasteiger partial charge in [0.05, 0.1) is 6.04 Å². The molecule has 0 aliphatic carbocycles. The van der Waals surface area contributed by atoms with Crippen LogP contribution < -0.4 is 15.0 Å². The van der Waals surface area contributed by atoms with Crippen molar-refractivity contribution in [2.75, 3.05) is 37.6 Å². The highest BCUT2D eigenvalue weighted by molar-refractivity contribution is 5.53. The molecule has 2 saturated heterocycles. The highest BCUT2D eigenvalue weighted by atomic mass is 19.1. The summed E-state index contributed by atoms with van der Waals surface area (Å²) in [5.41, 5.74) is 2.05. The lowest BCUT2D eigenvalue weighted by atomic mass is 9.83. The van der Waals surface area contributed by atoms with Crippen LogP contribution in [0, 0.1) is 17.0 Å². The molecule has 2 unspecified atom stereocenters. The molecule has 3 aliphatic heterocycles. The quantitative estimate of drug-likeness (QED) is 0.342. The molecule has 1 N–H and O–H groups in total. The maximum Gasteiger partial charge on any atom is 0.133 e. The predicted octanol–water partition coefficient (Wildman–Crippen LogP) is 6.82. The summed E-state index contributed by atoms with van der Waals surface area (Å²) in [5, 5.41) is 3.44. The van der Waals surface area contributed by atoms with Crippen LogP contribution in [0.25, 0.3) is 0 Å². The summed E-state index contributed by atoms with van der Waals surface area (Å²) in [4.78, 5) is 4.03. The van der Waals surface area contributed by atoms with Crippen molar-refractivity contribution in [3.63, 3.8) is 0 Å². The molecule has 3 heterocycles. The Labute approximate surface area is 241 Å². The lowest BCUT2D eigenvalue weighted by molar-refractivity contribution is 0.0652. The summed E-state index contributed by atoms with van der Waals surface area (Å²) in [5.74, 6) is -0.457. The van der Waals surface area contributed by atoms with Crippen molar-refractivity contribution in [3.8, 4) is 5.75 Å². The molecule has 0 bridgehead atoms. The number of hydrogen-bond donors (Lipinski definition) is 1. The minimum Gasteiger partial charge on any atom is -0.489 e. The Morgan fingerprint density at radius 1 is 1.02 bits per heavy atom. The maximum absolute atomic E-state index is 16.1. The molecule has 6 rings (SSSR count). The van der Waals surface area contributed by atoms with Crippen LogP contribution in [0.4, 0.5) is 18.9 Å². The van der Waals surface area contributed by atoms with Gasteiger partial charge in [-0.3, -0.25) is 4.90 Å². The molecule has 7 heteroatoms. The summed E-state index contributed by atoms with van der Waals surface area (Å²) in [6.07, 6.45) is 2.75. The first-order valence-electron chi connectivity index (χ1n) is 14.8. The number of nitrogens with one attached hydrogen (secondary N) is 1. The first-order valence-corrected chi connectivity index (χ1v) is 14.8. The summed E-state index contributed by atoms with van der Waals surface area (Å²) in [6, 6.07) is 17.7. The van der Waals surface area contributed by atoms with E-state index >= 15 is 13.2 Å². The number of halogens is 3. The van der Waals surface area contributed by atoms with E-state index in [4.69, 9.17) is 4.74 Å². The number of ether oxygens (including phenoxy) is 1. The largest absolute Gasteiger partial charge is 0.489 e. The van der Waals surface area contributed by atoms with Gasteiger partial charge >= 0.3 is 0 Å². The van der Waals surface area contributed by atoms with Crippen LogP contribution in [0.3, 0.4) is 0 Å². The van der Waals surface area contributed by atoms with Crippen molar-refractivity contribution in [1.29, 1.82) is 0 Å². The standard InChI is InChI=1S/C34H40F3N3O/c1-23-15-25-16-27(41-19-24-7-5-4-6-8-24)9-10-28(25)32(40(23)21-33(2,3)37)31-29(35)17-26(18-30(31)36)39-14-12-34(22-39)11-13-38-20-34/h4-10,16-18,23,32,38H,11-15,19-22H2,1-3H3/t23-,32?,34?/m1/s1. The number of hydrogen-bond acceptors (Lipinski definition) is 4. The van der Waals surface area contributed by atoms with Gasteiger partial charge in [0.15, 0.2) is 0 Å². The molecule has 3 aromatic rings. The van der Waals surface area contributed by atoms with Gasteiger partial charge in [0.2, 0.25) is 0 Å². The average Bonchev–Trinajstić information content (AvgIpc) is 3.58. The van der Waals surface area contributed by atoms with E-state index in [0.717, 1.165) is 55.7 Å². The van der Waals surface area contributed by atoms with Crippen molar-refractivity contribution < 1.29 is 17.9 Å². The topological polar surface area (TPSA) is 27.7 Å². The van der Waals surface area contributed by atoms with Crippen molar-refractivity contribution >= 4 is 5.69 Å². The number of anilines is 1. The van der Waals surface area contributed by atoms with Gasteiger partial charge in [-0.25, -0.2) is 13.2 Å². The Morgan fingerprint density at radius 3 is 2.46 bits per heavy atom. The molecule has 218 valence electrons. The molecular weight excluding hydrogens is 523 g/mol. The number of benzene rings is 3. The smallest absolute Gasteiger partial charge is 0.133 e. The SMILES string of the molecule is C[C@@H]1Cc2cc(OCc3ccccc3)ccc2C(c2c(F)cc(N3CCC4(CCNC4)C3)cc2F)N1CC(C)(C)F.